The Labute approximate surface area is 124 Å². The van der Waals surface area contributed by atoms with Crippen LogP contribution < -0.4 is 5.32 Å². The molecule has 5 nitrogen and oxygen atoms in total. The summed E-state index contributed by atoms with van der Waals surface area (Å²) in [5.41, 5.74) is 1.58. The fourth-order valence-electron chi connectivity index (χ4n) is 1.95. The van der Waals surface area contributed by atoms with E-state index >= 15 is 0 Å². The number of nitrogens with one attached hydrogen (secondary N) is 1. The molecule has 0 atom stereocenters. The summed E-state index contributed by atoms with van der Waals surface area (Å²) in [7, 11) is 0. The minimum atomic E-state index is -0.449. The van der Waals surface area contributed by atoms with E-state index in [0.29, 0.717) is 4.91 Å². The number of anilines is 1. The second-order valence-electron chi connectivity index (χ2n) is 4.41. The fourth-order valence-corrected chi connectivity index (χ4v) is 2.90. The number of amides is 1. The molecule has 0 fully saturated rings. The number of non-ortho nitro benzene ring substituents is 1. The van der Waals surface area contributed by atoms with Gasteiger partial charge in [-0.25, -0.2) is 0 Å². The van der Waals surface area contributed by atoms with Crippen molar-refractivity contribution in [2.45, 2.75) is 4.90 Å². The van der Waals surface area contributed by atoms with Crippen molar-refractivity contribution in [2.75, 3.05) is 5.32 Å². The summed E-state index contributed by atoms with van der Waals surface area (Å²) in [6.45, 7) is 0. The van der Waals surface area contributed by atoms with Gasteiger partial charge in [0.05, 0.1) is 15.5 Å². The van der Waals surface area contributed by atoms with E-state index in [4.69, 9.17) is 0 Å². The zero-order valence-electron chi connectivity index (χ0n) is 10.8. The maximum Gasteiger partial charge on any atom is 0.269 e. The Kier molecular flexibility index (Phi) is 3.45. The van der Waals surface area contributed by atoms with E-state index < -0.39 is 4.92 Å². The van der Waals surface area contributed by atoms with Crippen LogP contribution in [0.15, 0.2) is 58.3 Å². The third-order valence-corrected chi connectivity index (χ3v) is 4.08. The highest BCUT2D eigenvalue weighted by Crippen LogP contribution is 2.38. The van der Waals surface area contributed by atoms with Crippen LogP contribution in [0.1, 0.15) is 5.56 Å². The Morgan fingerprint density at radius 3 is 2.52 bits per heavy atom. The number of hydrogen-bond acceptors (Lipinski definition) is 4. The number of rotatable bonds is 2. The number of para-hydroxylation sites is 1. The van der Waals surface area contributed by atoms with Crippen molar-refractivity contribution >= 4 is 35.1 Å². The van der Waals surface area contributed by atoms with Gasteiger partial charge in [-0.15, -0.1) is 0 Å². The van der Waals surface area contributed by atoms with Gasteiger partial charge in [0.25, 0.3) is 11.6 Å². The van der Waals surface area contributed by atoms with Crippen molar-refractivity contribution in [2.24, 2.45) is 0 Å². The van der Waals surface area contributed by atoms with Gasteiger partial charge in [0.2, 0.25) is 0 Å². The first-order valence-electron chi connectivity index (χ1n) is 6.18. The summed E-state index contributed by atoms with van der Waals surface area (Å²) in [4.78, 5) is 23.7. The van der Waals surface area contributed by atoms with Crippen molar-refractivity contribution in [3.63, 3.8) is 0 Å². The Balaban J connectivity index is 1.90. The molecule has 1 N–H and O–H groups in total. The van der Waals surface area contributed by atoms with Crippen molar-refractivity contribution < 1.29 is 9.72 Å². The number of thioether (sulfide) groups is 1. The summed E-state index contributed by atoms with van der Waals surface area (Å²) < 4.78 is 0. The quantitative estimate of drug-likeness (QED) is 0.521. The Morgan fingerprint density at radius 2 is 1.81 bits per heavy atom. The predicted molar refractivity (Wildman–Crippen MR) is 82.0 cm³/mol. The molecule has 0 unspecified atom stereocenters. The highest BCUT2D eigenvalue weighted by Gasteiger charge is 2.20. The predicted octanol–water partition coefficient (Wildman–Crippen LogP) is 3.68. The van der Waals surface area contributed by atoms with Crippen LogP contribution >= 0.6 is 11.8 Å². The Morgan fingerprint density at radius 1 is 1.10 bits per heavy atom. The molecule has 21 heavy (non-hydrogen) atoms. The van der Waals surface area contributed by atoms with Gasteiger partial charge in [-0.1, -0.05) is 23.9 Å². The molecule has 6 heteroatoms. The standard InChI is InChI=1S/C15H10N2O3S/c18-15-14(21-13-4-2-1-3-12(13)16-15)9-10-5-7-11(8-6-10)17(19)20/h1-9H,(H,16,18)/b14-9-. The summed E-state index contributed by atoms with van der Waals surface area (Å²) in [5, 5.41) is 13.4. The SMILES string of the molecule is O=C1Nc2ccccc2S/C1=C\c1ccc([N+](=O)[O-])cc1. The molecule has 3 rings (SSSR count). The largest absolute Gasteiger partial charge is 0.320 e. The maximum absolute atomic E-state index is 12.0. The van der Waals surface area contributed by atoms with Gasteiger partial charge in [-0.2, -0.15) is 0 Å². The van der Waals surface area contributed by atoms with Crippen molar-refractivity contribution in [1.82, 2.24) is 0 Å². The van der Waals surface area contributed by atoms with Crippen LogP contribution in [0, 0.1) is 10.1 Å². The highest BCUT2D eigenvalue weighted by atomic mass is 32.2. The van der Waals surface area contributed by atoms with Gasteiger partial charge in [0, 0.05) is 17.0 Å². The summed E-state index contributed by atoms with van der Waals surface area (Å²) in [5.74, 6) is -0.169. The summed E-state index contributed by atoms with van der Waals surface area (Å²) in [6, 6.07) is 13.7. The minimum absolute atomic E-state index is 0.0308. The lowest BCUT2D eigenvalue weighted by Crippen LogP contribution is -2.17. The Hall–Kier alpha value is -2.60. The first kappa shape index (κ1) is 13.4. The van der Waals surface area contributed by atoms with Gasteiger partial charge in [-0.05, 0) is 35.9 Å². The van der Waals surface area contributed by atoms with Crippen molar-refractivity contribution in [3.05, 3.63) is 69.1 Å². The second kappa shape index (κ2) is 5.41. The number of benzene rings is 2. The van der Waals surface area contributed by atoms with Gasteiger partial charge in [0.15, 0.2) is 0 Å². The molecule has 0 radical (unpaired) electrons. The number of nitro benzene ring substituents is 1. The molecular formula is C15H10N2O3S. The number of nitro groups is 1. The smallest absolute Gasteiger partial charge is 0.269 e. The average Bonchev–Trinajstić information content (AvgIpc) is 2.48. The number of carbonyl (C=O) groups excluding carboxylic acids is 1. The van der Waals surface area contributed by atoms with E-state index in [1.807, 2.05) is 24.3 Å². The molecule has 0 aromatic heterocycles. The lowest BCUT2D eigenvalue weighted by molar-refractivity contribution is -0.384. The van der Waals surface area contributed by atoms with Gasteiger partial charge < -0.3 is 5.32 Å². The van der Waals surface area contributed by atoms with E-state index in [1.54, 1.807) is 18.2 Å². The zero-order valence-corrected chi connectivity index (χ0v) is 11.6. The third-order valence-electron chi connectivity index (χ3n) is 2.98. The molecule has 1 aliphatic rings. The minimum Gasteiger partial charge on any atom is -0.320 e. The molecule has 0 saturated carbocycles. The van der Waals surface area contributed by atoms with Gasteiger partial charge in [0.1, 0.15) is 0 Å². The monoisotopic (exact) mass is 298 g/mol. The van der Waals surface area contributed by atoms with E-state index in [-0.39, 0.29) is 11.6 Å². The van der Waals surface area contributed by atoms with E-state index in [1.165, 1.54) is 23.9 Å². The lowest BCUT2D eigenvalue weighted by Gasteiger charge is -2.18. The maximum atomic E-state index is 12.0. The van der Waals surface area contributed by atoms with E-state index in [2.05, 4.69) is 5.32 Å². The van der Waals surface area contributed by atoms with Crippen LogP contribution in [-0.4, -0.2) is 10.8 Å². The number of fused-ring (bicyclic) bond motifs is 1. The van der Waals surface area contributed by atoms with E-state index in [9.17, 15) is 14.9 Å². The third kappa shape index (κ3) is 2.80. The molecular weight excluding hydrogens is 288 g/mol. The van der Waals surface area contributed by atoms with Crippen LogP contribution in [0.2, 0.25) is 0 Å². The topological polar surface area (TPSA) is 72.2 Å². The number of nitrogens with zero attached hydrogens (tertiary/aromatic N) is 1. The van der Waals surface area contributed by atoms with Gasteiger partial charge in [-0.3, -0.25) is 14.9 Å². The van der Waals surface area contributed by atoms with Gasteiger partial charge >= 0.3 is 0 Å². The summed E-state index contributed by atoms with van der Waals surface area (Å²) >= 11 is 1.39. The molecule has 0 bridgehead atoms. The molecule has 2 aromatic rings. The summed E-state index contributed by atoms with van der Waals surface area (Å²) in [6.07, 6.45) is 1.72. The zero-order chi connectivity index (χ0) is 14.8. The molecule has 1 heterocycles. The normalized spacial score (nSPS) is 15.4. The molecule has 104 valence electrons. The molecule has 0 saturated heterocycles. The molecule has 0 aliphatic carbocycles. The molecule has 0 spiro atoms. The van der Waals surface area contributed by atoms with Crippen LogP contribution in [-0.2, 0) is 4.79 Å². The molecule has 1 amide bonds. The van der Waals surface area contributed by atoms with Crippen molar-refractivity contribution in [3.8, 4) is 0 Å². The van der Waals surface area contributed by atoms with Crippen LogP contribution in [0.4, 0.5) is 11.4 Å². The first-order chi connectivity index (χ1) is 10.1. The molecule has 1 aliphatic heterocycles. The lowest BCUT2D eigenvalue weighted by atomic mass is 10.2. The van der Waals surface area contributed by atoms with Crippen molar-refractivity contribution in [1.29, 1.82) is 0 Å². The fraction of sp³-hybridized carbons (Fsp3) is 0. The first-order valence-corrected chi connectivity index (χ1v) is 6.99. The number of carbonyl (C=O) groups is 1. The average molecular weight is 298 g/mol. The van der Waals surface area contributed by atoms with Crippen LogP contribution in [0.25, 0.3) is 6.08 Å². The van der Waals surface area contributed by atoms with Crippen LogP contribution in [0.5, 0.6) is 0 Å². The molecule has 2 aromatic carbocycles. The highest BCUT2D eigenvalue weighted by molar-refractivity contribution is 8.04. The second-order valence-corrected chi connectivity index (χ2v) is 5.49. The van der Waals surface area contributed by atoms with Crippen LogP contribution in [0.3, 0.4) is 0 Å². The number of hydrogen-bond donors (Lipinski definition) is 1. The van der Waals surface area contributed by atoms with E-state index in [0.717, 1.165) is 16.1 Å². The Bertz CT molecular complexity index is 754.